The van der Waals surface area contributed by atoms with Crippen molar-refractivity contribution in [2.45, 2.75) is 0 Å². The lowest BCUT2D eigenvalue weighted by Gasteiger charge is -2.11. The minimum atomic E-state index is -0.486. The summed E-state index contributed by atoms with van der Waals surface area (Å²) in [5.41, 5.74) is 2.38. The summed E-state index contributed by atoms with van der Waals surface area (Å²) < 4.78 is 0. The third kappa shape index (κ3) is 1.62. The maximum Gasteiger partial charge on any atom is 0.235 e. The molecule has 0 aliphatic heterocycles. The van der Waals surface area contributed by atoms with Gasteiger partial charge in [0.15, 0.2) is 0 Å². The highest BCUT2D eigenvalue weighted by molar-refractivity contribution is 6.23. The Morgan fingerprint density at radius 2 is 1.21 bits per heavy atom. The number of hydrogen-bond donors (Lipinski definition) is 2. The molecule has 0 aliphatic rings. The normalized spacial score (nSPS) is 11.7. The SMILES string of the molecule is O=c1ccc2c3ccccc3c3[nH]c4ccccc4[nH]c3c2c1=O. The summed E-state index contributed by atoms with van der Waals surface area (Å²) in [6, 6.07) is 18.8. The molecule has 114 valence electrons. The van der Waals surface area contributed by atoms with Crippen LogP contribution >= 0.6 is 0 Å². The Labute approximate surface area is 135 Å². The van der Waals surface area contributed by atoms with Gasteiger partial charge in [-0.3, -0.25) is 9.59 Å². The van der Waals surface area contributed by atoms with Crippen molar-refractivity contribution < 1.29 is 0 Å². The minimum Gasteiger partial charge on any atom is -0.352 e. The summed E-state index contributed by atoms with van der Waals surface area (Å²) in [6.45, 7) is 0. The Hall–Kier alpha value is -3.40. The molecule has 0 aliphatic carbocycles. The molecule has 0 atom stereocenters. The van der Waals surface area contributed by atoms with Gasteiger partial charge in [0.05, 0.1) is 27.5 Å². The first-order chi connectivity index (χ1) is 11.7. The minimum absolute atomic E-state index is 0.443. The third-order valence-electron chi connectivity index (χ3n) is 4.55. The number of para-hydroxylation sites is 2. The molecule has 1 aromatic heterocycles. The molecule has 0 fully saturated rings. The van der Waals surface area contributed by atoms with Crippen LogP contribution in [-0.4, -0.2) is 9.97 Å². The molecule has 4 heteroatoms. The van der Waals surface area contributed by atoms with Crippen LogP contribution in [0.25, 0.3) is 43.6 Å². The van der Waals surface area contributed by atoms with E-state index in [4.69, 9.17) is 0 Å². The second kappa shape index (κ2) is 4.55. The van der Waals surface area contributed by atoms with Gasteiger partial charge in [-0.25, -0.2) is 0 Å². The van der Waals surface area contributed by atoms with Crippen molar-refractivity contribution in [3.05, 3.63) is 81.1 Å². The summed E-state index contributed by atoms with van der Waals surface area (Å²) in [5.74, 6) is 0. The number of hydrogen-bond acceptors (Lipinski definition) is 2. The molecule has 0 saturated carbocycles. The first-order valence-corrected chi connectivity index (χ1v) is 7.72. The van der Waals surface area contributed by atoms with E-state index in [0.717, 1.165) is 32.7 Å². The van der Waals surface area contributed by atoms with Gasteiger partial charge in [0.25, 0.3) is 0 Å². The molecule has 0 bridgehead atoms. The van der Waals surface area contributed by atoms with Crippen molar-refractivity contribution in [2.75, 3.05) is 0 Å². The topological polar surface area (TPSA) is 65.7 Å². The molecule has 0 radical (unpaired) electrons. The van der Waals surface area contributed by atoms with E-state index in [1.54, 1.807) is 6.07 Å². The summed E-state index contributed by atoms with van der Waals surface area (Å²) in [7, 11) is 0. The smallest absolute Gasteiger partial charge is 0.235 e. The van der Waals surface area contributed by atoms with Crippen molar-refractivity contribution in [1.29, 1.82) is 0 Å². The number of benzene rings is 4. The average molecular weight is 312 g/mol. The van der Waals surface area contributed by atoms with Crippen LogP contribution in [-0.2, 0) is 0 Å². The predicted molar refractivity (Wildman–Crippen MR) is 97.7 cm³/mol. The van der Waals surface area contributed by atoms with Crippen molar-refractivity contribution in [3.63, 3.8) is 0 Å². The van der Waals surface area contributed by atoms with E-state index in [1.165, 1.54) is 6.07 Å². The molecule has 0 unspecified atom stereocenters. The van der Waals surface area contributed by atoms with E-state index < -0.39 is 10.9 Å². The van der Waals surface area contributed by atoms with Crippen LogP contribution in [0.1, 0.15) is 0 Å². The Balaban J connectivity index is 2.24. The molecule has 0 spiro atoms. The molecule has 2 N–H and O–H groups in total. The van der Waals surface area contributed by atoms with Crippen LogP contribution in [0, 0.1) is 0 Å². The van der Waals surface area contributed by atoms with Crippen molar-refractivity contribution >= 4 is 43.6 Å². The number of fused-ring (bicyclic) bond motifs is 7. The molecule has 1 heterocycles. The maximum atomic E-state index is 12.6. The Morgan fingerprint density at radius 3 is 1.96 bits per heavy atom. The van der Waals surface area contributed by atoms with Crippen molar-refractivity contribution in [2.24, 2.45) is 0 Å². The highest BCUT2D eigenvalue weighted by Gasteiger charge is 2.13. The highest BCUT2D eigenvalue weighted by Crippen LogP contribution is 2.31. The zero-order valence-electron chi connectivity index (χ0n) is 12.6. The van der Waals surface area contributed by atoms with Crippen LogP contribution < -0.4 is 10.9 Å². The first-order valence-electron chi connectivity index (χ1n) is 7.72. The molecule has 0 amide bonds. The zero-order chi connectivity index (χ0) is 16.3. The molecule has 4 nitrogen and oxygen atoms in total. The van der Waals surface area contributed by atoms with E-state index in [2.05, 4.69) is 9.97 Å². The van der Waals surface area contributed by atoms with Crippen molar-refractivity contribution in [3.8, 4) is 0 Å². The molecule has 5 aromatic rings. The largest absolute Gasteiger partial charge is 0.352 e. The summed E-state index contributed by atoms with van der Waals surface area (Å²) >= 11 is 0. The zero-order valence-corrected chi connectivity index (χ0v) is 12.6. The van der Waals surface area contributed by atoms with Crippen LogP contribution in [0.5, 0.6) is 0 Å². The predicted octanol–water partition coefficient (Wildman–Crippen LogP) is 3.68. The molecular formula is C20H12N2O2. The van der Waals surface area contributed by atoms with E-state index in [0.29, 0.717) is 10.9 Å². The van der Waals surface area contributed by atoms with Gasteiger partial charge in [-0.05, 0) is 35.0 Å². The fourth-order valence-electron chi connectivity index (χ4n) is 3.46. The van der Waals surface area contributed by atoms with Gasteiger partial charge < -0.3 is 9.97 Å². The highest BCUT2D eigenvalue weighted by atomic mass is 16.2. The van der Waals surface area contributed by atoms with Gasteiger partial charge in [0.1, 0.15) is 0 Å². The average Bonchev–Trinajstić information content (AvgIpc) is 2.63. The van der Waals surface area contributed by atoms with E-state index in [-0.39, 0.29) is 0 Å². The van der Waals surface area contributed by atoms with Crippen LogP contribution in [0.3, 0.4) is 0 Å². The Morgan fingerprint density at radius 1 is 0.583 bits per heavy atom. The first kappa shape index (κ1) is 13.1. The number of aromatic nitrogens is 2. The Kier molecular flexibility index (Phi) is 2.48. The fourth-order valence-corrected chi connectivity index (χ4v) is 3.46. The quantitative estimate of drug-likeness (QED) is 0.260. The van der Waals surface area contributed by atoms with Gasteiger partial charge in [-0.15, -0.1) is 0 Å². The maximum absolute atomic E-state index is 12.6. The molecule has 0 saturated heterocycles. The number of H-pyrrole nitrogens is 2. The molecule has 4 aromatic carbocycles. The van der Waals surface area contributed by atoms with Gasteiger partial charge in [0.2, 0.25) is 10.9 Å². The number of nitrogens with one attached hydrogen (secondary N) is 2. The summed E-state index contributed by atoms with van der Waals surface area (Å²) in [4.78, 5) is 31.3. The molecular weight excluding hydrogens is 300 g/mol. The van der Waals surface area contributed by atoms with E-state index in [1.807, 2.05) is 48.5 Å². The standard InChI is InChI=1S/C20H12N2O2/c23-16-10-9-12-11-5-1-2-6-13(11)18-19(17(12)20(16)24)22-15-8-4-3-7-14(15)21-18/h1-10,21-22H. The van der Waals surface area contributed by atoms with Gasteiger partial charge >= 0.3 is 0 Å². The van der Waals surface area contributed by atoms with Gasteiger partial charge in [0, 0.05) is 5.39 Å². The van der Waals surface area contributed by atoms with E-state index in [9.17, 15) is 9.59 Å². The fraction of sp³-hybridized carbons (Fsp3) is 0. The second-order valence-corrected chi connectivity index (χ2v) is 5.91. The number of rotatable bonds is 0. The van der Waals surface area contributed by atoms with Crippen LogP contribution in [0.15, 0.2) is 70.3 Å². The summed E-state index contributed by atoms with van der Waals surface area (Å²) in [5, 5.41) is 3.21. The van der Waals surface area contributed by atoms with Crippen LogP contribution in [0.2, 0.25) is 0 Å². The molecule has 24 heavy (non-hydrogen) atoms. The molecule has 5 rings (SSSR count). The van der Waals surface area contributed by atoms with Crippen LogP contribution in [0.4, 0.5) is 0 Å². The third-order valence-corrected chi connectivity index (χ3v) is 4.55. The lowest BCUT2D eigenvalue weighted by atomic mass is 9.99. The van der Waals surface area contributed by atoms with Crippen molar-refractivity contribution in [1.82, 2.24) is 9.97 Å². The number of aromatic amines is 2. The second-order valence-electron chi connectivity index (χ2n) is 5.91. The van der Waals surface area contributed by atoms with Gasteiger partial charge in [-0.2, -0.15) is 0 Å². The lowest BCUT2D eigenvalue weighted by molar-refractivity contribution is 1.41. The van der Waals surface area contributed by atoms with Gasteiger partial charge in [-0.1, -0.05) is 36.4 Å². The van der Waals surface area contributed by atoms with E-state index >= 15 is 0 Å². The monoisotopic (exact) mass is 312 g/mol. The Bertz CT molecular complexity index is 1390. The summed E-state index contributed by atoms with van der Waals surface area (Å²) in [6.07, 6.45) is 0. The lowest BCUT2D eigenvalue weighted by Crippen LogP contribution is -2.22.